The molecule has 1 rings (SSSR count). The van der Waals surface area contributed by atoms with Gasteiger partial charge in [0.25, 0.3) is 0 Å². The van der Waals surface area contributed by atoms with E-state index in [9.17, 15) is 4.79 Å². The molecule has 0 aromatic heterocycles. The molecule has 0 heterocycles. The van der Waals surface area contributed by atoms with Gasteiger partial charge in [0.1, 0.15) is 5.75 Å². The topological polar surface area (TPSA) is 67.6 Å². The highest BCUT2D eigenvalue weighted by Crippen LogP contribution is 2.24. The lowest BCUT2D eigenvalue weighted by Gasteiger charge is -2.23. The van der Waals surface area contributed by atoms with Crippen molar-refractivity contribution in [3.8, 4) is 5.75 Å². The molecular formula is C15H25N3O2. The van der Waals surface area contributed by atoms with Crippen LogP contribution in [-0.2, 0) is 4.79 Å². The Morgan fingerprint density at radius 3 is 2.75 bits per heavy atom. The van der Waals surface area contributed by atoms with Crippen molar-refractivity contribution in [2.45, 2.75) is 32.7 Å². The number of anilines is 2. The van der Waals surface area contributed by atoms with Crippen LogP contribution in [0.1, 0.15) is 26.7 Å². The van der Waals surface area contributed by atoms with Crippen LogP contribution in [0.2, 0.25) is 0 Å². The van der Waals surface area contributed by atoms with Gasteiger partial charge in [-0.2, -0.15) is 0 Å². The number of carbonyl (C=O) groups excluding carboxylic acids is 1. The van der Waals surface area contributed by atoms with Crippen LogP contribution in [0.4, 0.5) is 11.4 Å². The Bertz CT molecular complexity index is 449. The van der Waals surface area contributed by atoms with Crippen molar-refractivity contribution in [1.29, 1.82) is 0 Å². The summed E-state index contributed by atoms with van der Waals surface area (Å²) in [5, 5.41) is 2.83. The zero-order chi connectivity index (χ0) is 15.1. The molecule has 1 aromatic carbocycles. The van der Waals surface area contributed by atoms with Crippen LogP contribution in [-0.4, -0.2) is 37.6 Å². The van der Waals surface area contributed by atoms with Crippen LogP contribution in [0.25, 0.3) is 0 Å². The maximum absolute atomic E-state index is 11.9. The third-order valence-electron chi connectivity index (χ3n) is 3.57. The minimum Gasteiger partial charge on any atom is -0.497 e. The third kappa shape index (κ3) is 4.74. The monoisotopic (exact) mass is 279 g/mol. The summed E-state index contributed by atoms with van der Waals surface area (Å²) in [5.41, 5.74) is 7.00. The highest BCUT2D eigenvalue weighted by Gasteiger charge is 2.10. The molecule has 0 aliphatic heterocycles. The van der Waals surface area contributed by atoms with Gasteiger partial charge in [0.2, 0.25) is 5.91 Å². The van der Waals surface area contributed by atoms with Crippen LogP contribution >= 0.6 is 0 Å². The van der Waals surface area contributed by atoms with Gasteiger partial charge in [0.05, 0.1) is 18.5 Å². The van der Waals surface area contributed by atoms with E-state index >= 15 is 0 Å². The number of benzene rings is 1. The first-order valence-corrected chi connectivity index (χ1v) is 6.91. The van der Waals surface area contributed by atoms with E-state index in [1.807, 2.05) is 7.05 Å². The van der Waals surface area contributed by atoms with E-state index in [-0.39, 0.29) is 5.91 Å². The quantitative estimate of drug-likeness (QED) is 0.752. The van der Waals surface area contributed by atoms with Gasteiger partial charge >= 0.3 is 0 Å². The molecule has 0 aliphatic rings. The van der Waals surface area contributed by atoms with E-state index in [1.54, 1.807) is 25.3 Å². The lowest BCUT2D eigenvalue weighted by molar-refractivity contribution is -0.116. The molecule has 3 N–H and O–H groups in total. The number of hydrogen-bond donors (Lipinski definition) is 2. The number of ether oxygens (including phenoxy) is 1. The average Bonchev–Trinajstić information content (AvgIpc) is 2.45. The SMILES string of the molecule is CCC(C)N(C)CCC(=O)Nc1ccc(OC)cc1N. The van der Waals surface area contributed by atoms with E-state index in [2.05, 4.69) is 24.1 Å². The molecule has 0 bridgehead atoms. The standard InChI is InChI=1S/C15H25N3O2/c1-5-11(2)18(3)9-8-15(19)17-14-7-6-12(20-4)10-13(14)16/h6-7,10-11H,5,8-9,16H2,1-4H3,(H,17,19). The number of nitrogens with two attached hydrogens (primary N) is 1. The molecule has 0 spiro atoms. The lowest BCUT2D eigenvalue weighted by atomic mass is 10.2. The molecule has 0 fully saturated rings. The molecule has 0 saturated heterocycles. The van der Waals surface area contributed by atoms with Gasteiger partial charge in [-0.05, 0) is 32.5 Å². The second-order valence-electron chi connectivity index (χ2n) is 4.99. The zero-order valence-corrected chi connectivity index (χ0v) is 12.8. The summed E-state index contributed by atoms with van der Waals surface area (Å²) in [7, 11) is 3.61. The Kier molecular flexibility index (Phi) is 6.31. The van der Waals surface area contributed by atoms with Crippen molar-refractivity contribution in [2.75, 3.05) is 31.8 Å². The maximum atomic E-state index is 11.9. The number of methoxy groups -OCH3 is 1. The first kappa shape index (κ1) is 16.3. The molecule has 0 saturated carbocycles. The summed E-state index contributed by atoms with van der Waals surface area (Å²) < 4.78 is 5.07. The van der Waals surface area contributed by atoms with E-state index in [1.165, 1.54) is 0 Å². The van der Waals surface area contributed by atoms with E-state index in [0.717, 1.165) is 13.0 Å². The third-order valence-corrected chi connectivity index (χ3v) is 3.57. The van der Waals surface area contributed by atoms with Crippen LogP contribution in [0.3, 0.4) is 0 Å². The van der Waals surface area contributed by atoms with Gasteiger partial charge in [0.15, 0.2) is 0 Å². The number of nitrogens with one attached hydrogen (secondary N) is 1. The Morgan fingerprint density at radius 2 is 2.20 bits per heavy atom. The van der Waals surface area contributed by atoms with Crippen molar-refractivity contribution in [3.05, 3.63) is 18.2 Å². The minimum atomic E-state index is -0.0305. The average molecular weight is 279 g/mol. The largest absolute Gasteiger partial charge is 0.497 e. The van der Waals surface area contributed by atoms with Crippen molar-refractivity contribution >= 4 is 17.3 Å². The molecular weight excluding hydrogens is 254 g/mol. The van der Waals surface area contributed by atoms with Gasteiger partial charge in [-0.1, -0.05) is 6.92 Å². The fraction of sp³-hybridized carbons (Fsp3) is 0.533. The second-order valence-corrected chi connectivity index (χ2v) is 4.99. The van der Waals surface area contributed by atoms with Crippen LogP contribution in [0.5, 0.6) is 5.75 Å². The van der Waals surface area contributed by atoms with Crippen LogP contribution in [0, 0.1) is 0 Å². The highest BCUT2D eigenvalue weighted by atomic mass is 16.5. The van der Waals surface area contributed by atoms with Gasteiger partial charge < -0.3 is 20.7 Å². The first-order chi connectivity index (χ1) is 9.47. The minimum absolute atomic E-state index is 0.0305. The Hall–Kier alpha value is -1.75. The molecule has 1 amide bonds. The normalized spacial score (nSPS) is 12.2. The Balaban J connectivity index is 2.50. The maximum Gasteiger partial charge on any atom is 0.225 e. The van der Waals surface area contributed by atoms with E-state index in [4.69, 9.17) is 10.5 Å². The van der Waals surface area contributed by atoms with Gasteiger partial charge in [0, 0.05) is 25.1 Å². The highest BCUT2D eigenvalue weighted by molar-refractivity contribution is 5.94. The van der Waals surface area contributed by atoms with Crippen LogP contribution < -0.4 is 15.8 Å². The molecule has 20 heavy (non-hydrogen) atoms. The number of carbonyl (C=O) groups is 1. The molecule has 5 heteroatoms. The fourth-order valence-corrected chi connectivity index (χ4v) is 1.80. The summed E-state index contributed by atoms with van der Waals surface area (Å²) in [4.78, 5) is 14.1. The predicted molar refractivity (Wildman–Crippen MR) is 83.0 cm³/mol. The zero-order valence-electron chi connectivity index (χ0n) is 12.8. The summed E-state index contributed by atoms with van der Waals surface area (Å²) in [6.45, 7) is 5.02. The number of nitrogen functional groups attached to an aromatic ring is 1. The smallest absolute Gasteiger partial charge is 0.225 e. The number of amides is 1. The molecule has 1 unspecified atom stereocenters. The summed E-state index contributed by atoms with van der Waals surface area (Å²) >= 11 is 0. The number of hydrogen-bond acceptors (Lipinski definition) is 4. The second kappa shape index (κ2) is 7.75. The summed E-state index contributed by atoms with van der Waals surface area (Å²) in [5.74, 6) is 0.647. The molecule has 112 valence electrons. The van der Waals surface area contributed by atoms with Gasteiger partial charge in [-0.3, -0.25) is 4.79 Å². The predicted octanol–water partition coefficient (Wildman–Crippen LogP) is 2.34. The Morgan fingerprint density at radius 1 is 1.50 bits per heavy atom. The van der Waals surface area contributed by atoms with Crippen LogP contribution in [0.15, 0.2) is 18.2 Å². The number of rotatable bonds is 7. The number of nitrogens with zero attached hydrogens (tertiary/aromatic N) is 1. The Labute approximate surface area is 121 Å². The van der Waals surface area contributed by atoms with Crippen molar-refractivity contribution < 1.29 is 9.53 Å². The lowest BCUT2D eigenvalue weighted by Crippen LogP contribution is -2.31. The molecule has 0 radical (unpaired) electrons. The van der Waals surface area contributed by atoms with Crippen molar-refractivity contribution in [1.82, 2.24) is 4.90 Å². The van der Waals surface area contributed by atoms with Gasteiger partial charge in [-0.25, -0.2) is 0 Å². The first-order valence-electron chi connectivity index (χ1n) is 6.91. The molecule has 1 aromatic rings. The van der Waals surface area contributed by atoms with Gasteiger partial charge in [-0.15, -0.1) is 0 Å². The van der Waals surface area contributed by atoms with Crippen molar-refractivity contribution in [3.63, 3.8) is 0 Å². The molecule has 1 atom stereocenters. The molecule has 0 aliphatic carbocycles. The fourth-order valence-electron chi connectivity index (χ4n) is 1.80. The summed E-state index contributed by atoms with van der Waals surface area (Å²) in [6.07, 6.45) is 1.52. The van der Waals surface area contributed by atoms with Crippen molar-refractivity contribution in [2.24, 2.45) is 0 Å². The van der Waals surface area contributed by atoms with E-state index in [0.29, 0.717) is 29.6 Å². The molecule has 5 nitrogen and oxygen atoms in total. The van der Waals surface area contributed by atoms with E-state index < -0.39 is 0 Å². The summed E-state index contributed by atoms with van der Waals surface area (Å²) in [6, 6.07) is 5.71.